The van der Waals surface area contributed by atoms with E-state index in [9.17, 15) is 0 Å². The average molecular weight is 304 g/mol. The summed E-state index contributed by atoms with van der Waals surface area (Å²) in [5, 5.41) is 1.09. The van der Waals surface area contributed by atoms with Gasteiger partial charge in [0.1, 0.15) is 5.69 Å². The van der Waals surface area contributed by atoms with E-state index in [0.29, 0.717) is 10.0 Å². The number of aromatic amines is 1. The number of nitrogens with zero attached hydrogens (tertiary/aromatic N) is 2. The number of aromatic nitrogens is 3. The Labute approximate surface area is 126 Å². The molecule has 0 saturated carbocycles. The van der Waals surface area contributed by atoms with E-state index in [2.05, 4.69) is 15.0 Å². The van der Waals surface area contributed by atoms with Crippen LogP contribution in [0.1, 0.15) is 5.69 Å². The summed E-state index contributed by atoms with van der Waals surface area (Å²) in [7, 11) is 0. The minimum Gasteiger partial charge on any atom is -0.343 e. The minimum absolute atomic E-state index is 0.540. The van der Waals surface area contributed by atoms with Gasteiger partial charge >= 0.3 is 0 Å². The van der Waals surface area contributed by atoms with Crippen molar-refractivity contribution in [2.75, 3.05) is 0 Å². The molecule has 100 valence electrons. The third-order valence-electron chi connectivity index (χ3n) is 2.95. The van der Waals surface area contributed by atoms with Crippen molar-refractivity contribution >= 4 is 23.2 Å². The molecule has 2 aromatic heterocycles. The highest BCUT2D eigenvalue weighted by molar-refractivity contribution is 6.42. The summed E-state index contributed by atoms with van der Waals surface area (Å²) < 4.78 is 0. The molecule has 0 aliphatic carbocycles. The lowest BCUT2D eigenvalue weighted by Gasteiger charge is -2.07. The van der Waals surface area contributed by atoms with Crippen molar-refractivity contribution < 1.29 is 0 Å². The van der Waals surface area contributed by atoms with Crippen molar-refractivity contribution in [3.05, 3.63) is 58.5 Å². The Bertz CT molecular complexity index is 752. The van der Waals surface area contributed by atoms with E-state index in [0.717, 1.165) is 28.3 Å². The Morgan fingerprint density at radius 1 is 1.00 bits per heavy atom. The Kier molecular flexibility index (Phi) is 3.47. The summed E-state index contributed by atoms with van der Waals surface area (Å²) >= 11 is 12.0. The number of rotatable bonds is 2. The zero-order valence-electron chi connectivity index (χ0n) is 10.7. The van der Waals surface area contributed by atoms with Crippen LogP contribution in [0.3, 0.4) is 0 Å². The molecular weight excluding hydrogens is 293 g/mol. The maximum Gasteiger partial charge on any atom is 0.156 e. The number of nitrogens with one attached hydrogen (secondary N) is 1. The summed E-state index contributed by atoms with van der Waals surface area (Å²) in [6, 6.07) is 9.57. The van der Waals surface area contributed by atoms with Crippen molar-refractivity contribution in [1.82, 2.24) is 15.0 Å². The molecule has 3 rings (SSSR count). The summed E-state index contributed by atoms with van der Waals surface area (Å²) in [5.74, 6) is 0.745. The molecule has 0 unspecified atom stereocenters. The zero-order chi connectivity index (χ0) is 14.1. The number of halogens is 2. The molecule has 0 amide bonds. The first-order valence-electron chi connectivity index (χ1n) is 6.07. The van der Waals surface area contributed by atoms with Gasteiger partial charge in [-0.15, -0.1) is 0 Å². The smallest absolute Gasteiger partial charge is 0.156 e. The topological polar surface area (TPSA) is 41.6 Å². The quantitative estimate of drug-likeness (QED) is 0.742. The van der Waals surface area contributed by atoms with E-state index in [1.54, 1.807) is 18.5 Å². The van der Waals surface area contributed by atoms with Gasteiger partial charge in [-0.1, -0.05) is 29.3 Å². The SMILES string of the molecule is Cc1cc(-c2ccc(Cl)c(Cl)c2)cc(-c2ncc[nH]2)n1. The fraction of sp³-hybridized carbons (Fsp3) is 0.0667. The second-order valence-corrected chi connectivity index (χ2v) is 5.26. The molecule has 0 spiro atoms. The standard InChI is InChI=1S/C15H11Cl2N3/c1-9-6-11(10-2-3-12(16)13(17)7-10)8-14(20-9)15-18-4-5-19-15/h2-8H,1H3,(H,18,19). The van der Waals surface area contributed by atoms with Crippen LogP contribution in [0.5, 0.6) is 0 Å². The monoisotopic (exact) mass is 303 g/mol. The summed E-state index contributed by atoms with van der Waals surface area (Å²) in [6.45, 7) is 1.95. The highest BCUT2D eigenvalue weighted by atomic mass is 35.5. The van der Waals surface area contributed by atoms with Gasteiger partial charge in [-0.2, -0.15) is 0 Å². The first kappa shape index (κ1) is 13.2. The number of imidazole rings is 1. The first-order chi connectivity index (χ1) is 9.63. The predicted molar refractivity (Wildman–Crippen MR) is 82.0 cm³/mol. The van der Waals surface area contributed by atoms with Crippen LogP contribution in [0.2, 0.25) is 10.0 Å². The first-order valence-corrected chi connectivity index (χ1v) is 6.83. The summed E-state index contributed by atoms with van der Waals surface area (Å²) in [5.41, 5.74) is 3.75. The van der Waals surface area contributed by atoms with Crippen molar-refractivity contribution in [3.8, 4) is 22.6 Å². The Morgan fingerprint density at radius 3 is 2.55 bits per heavy atom. The number of hydrogen-bond donors (Lipinski definition) is 1. The van der Waals surface area contributed by atoms with Gasteiger partial charge in [0.15, 0.2) is 5.82 Å². The Hall–Kier alpha value is -1.84. The van der Waals surface area contributed by atoms with Gasteiger partial charge in [0.2, 0.25) is 0 Å². The van der Waals surface area contributed by atoms with E-state index in [1.165, 1.54) is 0 Å². The molecule has 3 nitrogen and oxygen atoms in total. The van der Waals surface area contributed by atoms with E-state index in [-0.39, 0.29) is 0 Å². The van der Waals surface area contributed by atoms with Crippen LogP contribution >= 0.6 is 23.2 Å². The molecule has 5 heteroatoms. The molecule has 0 radical (unpaired) electrons. The number of pyridine rings is 1. The fourth-order valence-corrected chi connectivity index (χ4v) is 2.34. The van der Waals surface area contributed by atoms with Crippen LogP contribution in [0.15, 0.2) is 42.7 Å². The molecule has 2 heterocycles. The molecule has 0 bridgehead atoms. The molecule has 20 heavy (non-hydrogen) atoms. The van der Waals surface area contributed by atoms with Crippen LogP contribution in [-0.4, -0.2) is 15.0 Å². The van der Waals surface area contributed by atoms with Gasteiger partial charge in [-0.05, 0) is 42.3 Å². The van der Waals surface area contributed by atoms with Crippen LogP contribution in [0, 0.1) is 6.92 Å². The zero-order valence-corrected chi connectivity index (χ0v) is 12.2. The van der Waals surface area contributed by atoms with Gasteiger partial charge in [-0.25, -0.2) is 9.97 Å². The minimum atomic E-state index is 0.540. The molecule has 1 N–H and O–H groups in total. The highest BCUT2D eigenvalue weighted by Gasteiger charge is 2.08. The van der Waals surface area contributed by atoms with Gasteiger partial charge in [-0.3, -0.25) is 0 Å². The third kappa shape index (κ3) is 2.55. The van der Waals surface area contributed by atoms with Gasteiger partial charge in [0.05, 0.1) is 10.0 Å². The number of H-pyrrole nitrogens is 1. The predicted octanol–water partition coefficient (Wildman–Crippen LogP) is 4.75. The van der Waals surface area contributed by atoms with Gasteiger partial charge in [0, 0.05) is 18.1 Å². The van der Waals surface area contributed by atoms with Crippen LogP contribution < -0.4 is 0 Å². The lowest BCUT2D eigenvalue weighted by molar-refractivity contribution is 1.16. The lowest BCUT2D eigenvalue weighted by atomic mass is 10.0. The molecule has 0 saturated heterocycles. The maximum absolute atomic E-state index is 6.08. The molecule has 0 aliphatic rings. The lowest BCUT2D eigenvalue weighted by Crippen LogP contribution is -1.91. The summed E-state index contributed by atoms with van der Waals surface area (Å²) in [6.07, 6.45) is 3.48. The van der Waals surface area contributed by atoms with E-state index in [1.807, 2.05) is 31.2 Å². The Morgan fingerprint density at radius 2 is 1.85 bits per heavy atom. The van der Waals surface area contributed by atoms with Gasteiger partial charge < -0.3 is 4.98 Å². The average Bonchev–Trinajstić information content (AvgIpc) is 2.95. The second-order valence-electron chi connectivity index (χ2n) is 4.45. The van der Waals surface area contributed by atoms with Gasteiger partial charge in [0.25, 0.3) is 0 Å². The van der Waals surface area contributed by atoms with Crippen molar-refractivity contribution in [1.29, 1.82) is 0 Å². The molecule has 0 aliphatic heterocycles. The largest absolute Gasteiger partial charge is 0.343 e. The fourth-order valence-electron chi connectivity index (χ4n) is 2.04. The van der Waals surface area contributed by atoms with Crippen molar-refractivity contribution in [2.45, 2.75) is 6.92 Å². The molecule has 1 aromatic carbocycles. The second kappa shape index (κ2) is 5.27. The van der Waals surface area contributed by atoms with Crippen molar-refractivity contribution in [3.63, 3.8) is 0 Å². The van der Waals surface area contributed by atoms with Crippen LogP contribution in [0.4, 0.5) is 0 Å². The molecular formula is C15H11Cl2N3. The maximum atomic E-state index is 6.08. The third-order valence-corrected chi connectivity index (χ3v) is 3.69. The molecule has 0 atom stereocenters. The van der Waals surface area contributed by atoms with Crippen molar-refractivity contribution in [2.24, 2.45) is 0 Å². The van der Waals surface area contributed by atoms with E-state index in [4.69, 9.17) is 23.2 Å². The normalized spacial score (nSPS) is 10.8. The summed E-state index contributed by atoms with van der Waals surface area (Å²) in [4.78, 5) is 11.8. The Balaban J connectivity index is 2.12. The molecule has 3 aromatic rings. The van der Waals surface area contributed by atoms with E-state index >= 15 is 0 Å². The number of benzene rings is 1. The van der Waals surface area contributed by atoms with Crippen LogP contribution in [-0.2, 0) is 0 Å². The van der Waals surface area contributed by atoms with E-state index < -0.39 is 0 Å². The van der Waals surface area contributed by atoms with Crippen LogP contribution in [0.25, 0.3) is 22.6 Å². The number of hydrogen-bond acceptors (Lipinski definition) is 2. The highest BCUT2D eigenvalue weighted by Crippen LogP contribution is 2.30. The molecule has 0 fully saturated rings. The number of aryl methyl sites for hydroxylation is 1.